The highest BCUT2D eigenvalue weighted by molar-refractivity contribution is 7.99. The Hall–Kier alpha value is -7.70. The summed E-state index contributed by atoms with van der Waals surface area (Å²) in [6.07, 6.45) is -5.85. The number of hydrogen-bond donors (Lipinski definition) is 6. The van der Waals surface area contributed by atoms with Crippen molar-refractivity contribution in [2.24, 2.45) is 0 Å². The maximum Gasteiger partial charge on any atom is 0.200 e. The molecule has 29 heteroatoms. The number of thioether (sulfide) groups is 1. The Morgan fingerprint density at radius 2 is 0.608 bits per heavy atom. The first-order chi connectivity index (χ1) is 37.3. The van der Waals surface area contributed by atoms with Gasteiger partial charge in [-0.15, -0.1) is 0 Å². The predicted octanol–water partition coefficient (Wildman–Crippen LogP) is 11.9. The minimum Gasteiger partial charge on any atom is -0.394 e. The second-order valence-electron chi connectivity index (χ2n) is 17.1. The van der Waals surface area contributed by atoms with Crippen molar-refractivity contribution in [3.63, 3.8) is 0 Å². The molecule has 0 saturated carbocycles. The number of rotatable bonds is 7. The molecule has 6 N–H and O–H groups in total. The van der Waals surface area contributed by atoms with E-state index in [1.165, 1.54) is 0 Å². The van der Waals surface area contributed by atoms with Gasteiger partial charge in [0.25, 0.3) is 0 Å². The monoisotopic (exact) mass is 1150 g/mol. The van der Waals surface area contributed by atoms with Crippen LogP contribution in [0.25, 0.3) is 90.9 Å². The molecule has 7 aromatic rings. The van der Waals surface area contributed by atoms with Crippen LogP contribution in [0.4, 0.5) is 83.4 Å². The molecule has 79 heavy (non-hydrogen) atoms. The second-order valence-corrected chi connectivity index (χ2v) is 18.2. The van der Waals surface area contributed by atoms with Gasteiger partial charge in [0.15, 0.2) is 93.1 Å². The topological polar surface area (TPSA) is 148 Å². The Morgan fingerprint density at radius 1 is 0.354 bits per heavy atom. The Bertz CT molecular complexity index is 3890. The number of benzene rings is 4. The van der Waals surface area contributed by atoms with Crippen LogP contribution < -0.4 is 0 Å². The van der Waals surface area contributed by atoms with Gasteiger partial charge in [-0.05, 0) is 48.6 Å². The van der Waals surface area contributed by atoms with Gasteiger partial charge < -0.3 is 35.1 Å². The first-order valence-electron chi connectivity index (χ1n) is 21.9. The van der Waals surface area contributed by atoms with Crippen molar-refractivity contribution >= 4 is 58.1 Å². The van der Waals surface area contributed by atoms with E-state index < -0.39 is 241 Å². The number of aliphatic hydroxyl groups is 4. The van der Waals surface area contributed by atoms with Gasteiger partial charge in [0.1, 0.15) is 29.9 Å². The molecule has 4 aromatic carbocycles. The zero-order valence-electron chi connectivity index (χ0n) is 37.9. The molecule has 9 nitrogen and oxygen atoms in total. The van der Waals surface area contributed by atoms with E-state index in [1.807, 2.05) is 0 Å². The molecule has 410 valence electrons. The highest BCUT2D eigenvalue weighted by Crippen LogP contribution is 2.46. The summed E-state index contributed by atoms with van der Waals surface area (Å²) in [5.74, 6) is -49.4. The maximum absolute atomic E-state index is 16.9. The van der Waals surface area contributed by atoms with E-state index in [-0.39, 0.29) is 11.8 Å². The molecule has 3 aromatic heterocycles. The molecule has 0 spiro atoms. The van der Waals surface area contributed by atoms with Crippen LogP contribution in [0, 0.1) is 111 Å². The molecule has 0 amide bonds. The fraction of sp³-hybridized carbons (Fsp3) is 0.120. The number of ether oxygens (including phenoxy) is 1. The smallest absolute Gasteiger partial charge is 0.200 e. The zero-order valence-corrected chi connectivity index (χ0v) is 38.7. The fourth-order valence-electron chi connectivity index (χ4n) is 8.95. The summed E-state index contributed by atoms with van der Waals surface area (Å²) in [5.41, 5.74) is -22.9. The number of nitrogens with zero attached hydrogens (tertiary/aromatic N) is 2. The molecular weight excluding hydrogens is 1130 g/mol. The highest BCUT2D eigenvalue weighted by atomic mass is 32.2. The summed E-state index contributed by atoms with van der Waals surface area (Å²) in [6.45, 7) is -1.08. The normalized spacial score (nSPS) is 18.1. The van der Waals surface area contributed by atoms with Crippen LogP contribution in [0.1, 0.15) is 22.8 Å². The molecule has 1 fully saturated rings. The van der Waals surface area contributed by atoms with Crippen molar-refractivity contribution in [1.82, 2.24) is 19.9 Å². The Labute approximate surface area is 429 Å². The largest absolute Gasteiger partial charge is 0.394 e. The minimum atomic E-state index is -2.74. The van der Waals surface area contributed by atoms with Gasteiger partial charge in [0.05, 0.1) is 56.5 Å². The molecule has 0 radical (unpaired) electrons. The lowest BCUT2D eigenvalue weighted by atomic mass is 10.0. The molecule has 10 rings (SSSR count). The van der Waals surface area contributed by atoms with Crippen LogP contribution in [0.15, 0.2) is 29.2 Å². The highest BCUT2D eigenvalue weighted by Gasteiger charge is 2.45. The average molecular weight is 1150 g/mol. The quantitative estimate of drug-likeness (QED) is 0.0525. The summed E-state index contributed by atoms with van der Waals surface area (Å²) in [7, 11) is 0. The molecule has 1 saturated heterocycles. The van der Waals surface area contributed by atoms with Gasteiger partial charge in [-0.25, -0.2) is 93.4 Å². The fourth-order valence-corrected chi connectivity index (χ4v) is 10.1. The lowest BCUT2D eigenvalue weighted by Crippen LogP contribution is -2.57. The van der Waals surface area contributed by atoms with Gasteiger partial charge in [-0.3, -0.25) is 0 Å². The maximum atomic E-state index is 16.9. The van der Waals surface area contributed by atoms with Gasteiger partial charge in [-0.1, -0.05) is 11.8 Å². The molecule has 3 aliphatic heterocycles. The average Bonchev–Trinajstić information content (AvgIpc) is 4.37. The van der Waals surface area contributed by atoms with Crippen molar-refractivity contribution in [3.8, 4) is 44.5 Å². The van der Waals surface area contributed by atoms with E-state index in [4.69, 9.17) is 4.74 Å². The van der Waals surface area contributed by atoms with Crippen molar-refractivity contribution in [2.45, 2.75) is 34.7 Å². The number of nitrogens with one attached hydrogen (secondary N) is 2. The van der Waals surface area contributed by atoms with E-state index in [9.17, 15) is 33.6 Å². The van der Waals surface area contributed by atoms with Gasteiger partial charge >= 0.3 is 0 Å². The number of halogens is 19. The third-order valence-electron chi connectivity index (χ3n) is 12.7. The Balaban J connectivity index is 1.40. The summed E-state index contributed by atoms with van der Waals surface area (Å²) >= 11 is -0.330. The summed E-state index contributed by atoms with van der Waals surface area (Å²) in [5, 5.41) is 40.6. The number of fused-ring (bicyclic) bond motifs is 8. The minimum absolute atomic E-state index is 0.330. The van der Waals surface area contributed by atoms with Crippen LogP contribution in [-0.2, 0) is 4.74 Å². The molecule has 6 heterocycles. The van der Waals surface area contributed by atoms with E-state index in [0.717, 1.165) is 0 Å². The number of aromatic amines is 2. The van der Waals surface area contributed by atoms with Gasteiger partial charge in [0.2, 0.25) is 17.5 Å². The molecular formula is C50H21F19N4O5S. The first kappa shape index (κ1) is 54.6. The first-order valence-corrected chi connectivity index (χ1v) is 22.8. The Kier molecular flexibility index (Phi) is 13.8. The zero-order chi connectivity index (χ0) is 57.3. The SMILES string of the molecule is OC[C@H]1OC(Sc2c(F)c(F)c(-c3c4nc(c(-c5c(F)c(F)c(F)c(F)c5F)c5ccc([nH]5)c(-c5c(F)c(F)c(F)c(F)c5F)c5nc(c(-c6c(F)c(F)c(F)c(F)c6F)c6ccc3[nH]6)C=C5)C=C4)c(F)c2F)[C@H](O)[C@@H](O)[C@@H]1O. The lowest BCUT2D eigenvalue weighted by Gasteiger charge is -2.39. The van der Waals surface area contributed by atoms with Crippen LogP contribution in [0.2, 0.25) is 0 Å². The van der Waals surface area contributed by atoms with Crippen LogP contribution in [0.3, 0.4) is 0 Å². The van der Waals surface area contributed by atoms with Crippen molar-refractivity contribution in [1.29, 1.82) is 0 Å². The number of hydrogen-bond acceptors (Lipinski definition) is 8. The van der Waals surface area contributed by atoms with Crippen molar-refractivity contribution in [2.75, 3.05) is 6.61 Å². The number of aromatic nitrogens is 4. The second kappa shape index (κ2) is 19.9. The summed E-state index contributed by atoms with van der Waals surface area (Å²) < 4.78 is 302. The van der Waals surface area contributed by atoms with Gasteiger partial charge in [0, 0.05) is 44.3 Å². The Morgan fingerprint density at radius 3 is 0.873 bits per heavy atom. The molecule has 8 bridgehead atoms. The van der Waals surface area contributed by atoms with Crippen LogP contribution in [0.5, 0.6) is 0 Å². The van der Waals surface area contributed by atoms with E-state index in [2.05, 4.69) is 19.9 Å². The molecule has 3 aliphatic rings. The van der Waals surface area contributed by atoms with Crippen molar-refractivity contribution in [3.05, 3.63) is 158 Å². The van der Waals surface area contributed by atoms with E-state index in [1.54, 1.807) is 0 Å². The van der Waals surface area contributed by atoms with Crippen LogP contribution >= 0.6 is 11.8 Å². The number of aliphatic hydroxyl groups excluding tert-OH is 4. The van der Waals surface area contributed by atoms with Crippen LogP contribution in [-0.4, -0.2) is 76.8 Å². The number of H-pyrrole nitrogens is 2. The van der Waals surface area contributed by atoms with Gasteiger partial charge in [-0.2, -0.15) is 0 Å². The predicted molar refractivity (Wildman–Crippen MR) is 239 cm³/mol. The van der Waals surface area contributed by atoms with E-state index >= 15 is 70.2 Å². The standard InChI is InChI=1S/C50H21F19N4O5S/c51-27-23(28(52)36(60)41(65)35(27)59)19-10-1-3-12(70-10)20(24-29(53)37(61)42(66)38(62)30(24)54)14-5-7-16(72-14)22(26-33(57)44(68)49(45(69)34(26)58)79-50-48(77)47(76)46(75)18(9-74)78-50)17-8-6-15(73-17)21(13-4-2-11(19)71-13)25-31(55)39(63)43(67)40(64)32(25)56/h1-8,18,46-48,50,70,73-77H,9H2/t18-,46-,47+,48-,50?/m1/s1. The molecule has 1 unspecified atom stereocenters. The lowest BCUT2D eigenvalue weighted by molar-refractivity contribution is -0.205. The molecule has 0 aliphatic carbocycles. The van der Waals surface area contributed by atoms with Crippen molar-refractivity contribution < 1.29 is 109 Å². The molecule has 5 atom stereocenters. The summed E-state index contributed by atoms with van der Waals surface area (Å²) in [6, 6.07) is 2.50. The van der Waals surface area contributed by atoms with E-state index in [0.29, 0.717) is 48.6 Å². The third kappa shape index (κ3) is 8.34. The summed E-state index contributed by atoms with van der Waals surface area (Å²) in [4.78, 5) is 10.9. The third-order valence-corrected chi connectivity index (χ3v) is 13.9.